The number of nitrogens with zero attached hydrogens (tertiary/aromatic N) is 2. The van der Waals surface area contributed by atoms with Crippen LogP contribution in [0.1, 0.15) is 30.1 Å². The van der Waals surface area contributed by atoms with E-state index in [1.54, 1.807) is 4.90 Å². The van der Waals surface area contributed by atoms with E-state index >= 15 is 0 Å². The predicted octanol–water partition coefficient (Wildman–Crippen LogP) is 1.90. The summed E-state index contributed by atoms with van der Waals surface area (Å²) in [6.07, 6.45) is 2.80. The minimum atomic E-state index is -0.553. The van der Waals surface area contributed by atoms with Crippen LogP contribution in [0.4, 0.5) is 0 Å². The van der Waals surface area contributed by atoms with Crippen molar-refractivity contribution in [1.82, 2.24) is 4.90 Å². The van der Waals surface area contributed by atoms with Gasteiger partial charge in [-0.2, -0.15) is 5.26 Å². The van der Waals surface area contributed by atoms with Crippen molar-refractivity contribution >= 4 is 0 Å². The topological polar surface area (TPSA) is 56.5 Å². The summed E-state index contributed by atoms with van der Waals surface area (Å²) in [6.45, 7) is 1.10. The third kappa shape index (κ3) is 4.04. The van der Waals surface area contributed by atoms with Crippen LogP contribution in [0.3, 0.4) is 0 Å². The van der Waals surface area contributed by atoms with Crippen LogP contribution in [-0.4, -0.2) is 42.9 Å². The quantitative estimate of drug-likeness (QED) is 0.805. The van der Waals surface area contributed by atoms with Crippen LogP contribution in [0, 0.1) is 11.3 Å². The summed E-state index contributed by atoms with van der Waals surface area (Å²) in [6, 6.07) is 10.4. The van der Waals surface area contributed by atoms with Crippen LogP contribution in [0.2, 0.25) is 0 Å². The van der Waals surface area contributed by atoms with Gasteiger partial charge in [0, 0.05) is 6.54 Å². The Bertz CT molecular complexity index is 470. The van der Waals surface area contributed by atoms with E-state index in [1.165, 1.54) is 11.1 Å². The minimum absolute atomic E-state index is 0.0934. The number of nitriles is 1. The summed E-state index contributed by atoms with van der Waals surface area (Å²) < 4.78 is 5.89. The molecule has 0 saturated carbocycles. The minimum Gasteiger partial charge on any atom is -0.389 e. The van der Waals surface area contributed by atoms with E-state index in [-0.39, 0.29) is 6.10 Å². The maximum atomic E-state index is 9.95. The first kappa shape index (κ1) is 15.0. The van der Waals surface area contributed by atoms with Crippen molar-refractivity contribution in [1.29, 1.82) is 5.26 Å². The predicted molar refractivity (Wildman–Crippen MR) is 77.2 cm³/mol. The maximum Gasteiger partial charge on any atom is 0.0900 e. The molecule has 1 aliphatic carbocycles. The van der Waals surface area contributed by atoms with Crippen LogP contribution in [0.15, 0.2) is 24.3 Å². The van der Waals surface area contributed by atoms with E-state index in [9.17, 15) is 5.11 Å². The first-order valence-electron chi connectivity index (χ1n) is 7.13. The number of hydrogen-bond donors (Lipinski definition) is 1. The van der Waals surface area contributed by atoms with Gasteiger partial charge < -0.3 is 9.84 Å². The summed E-state index contributed by atoms with van der Waals surface area (Å²) in [4.78, 5) is 1.79. The second kappa shape index (κ2) is 7.39. The van der Waals surface area contributed by atoms with E-state index in [4.69, 9.17) is 10.00 Å². The molecule has 4 heteroatoms. The van der Waals surface area contributed by atoms with Crippen LogP contribution < -0.4 is 0 Å². The maximum absolute atomic E-state index is 9.95. The number of likely N-dealkylation sites (N-methyl/N-ethyl adjacent to an activating group) is 1. The van der Waals surface area contributed by atoms with E-state index in [0.717, 1.165) is 19.3 Å². The van der Waals surface area contributed by atoms with E-state index in [0.29, 0.717) is 19.7 Å². The lowest BCUT2D eigenvalue weighted by molar-refractivity contribution is -0.0250. The summed E-state index contributed by atoms with van der Waals surface area (Å²) in [7, 11) is 1.82. The summed E-state index contributed by atoms with van der Waals surface area (Å²) in [5, 5.41) is 18.5. The fraction of sp³-hybridized carbons (Fsp3) is 0.562. The van der Waals surface area contributed by atoms with Gasteiger partial charge in [0.05, 0.1) is 31.4 Å². The lowest BCUT2D eigenvalue weighted by Crippen LogP contribution is -2.33. The van der Waals surface area contributed by atoms with Gasteiger partial charge in [0.15, 0.2) is 0 Å². The van der Waals surface area contributed by atoms with Gasteiger partial charge >= 0.3 is 0 Å². The summed E-state index contributed by atoms with van der Waals surface area (Å²) in [5.74, 6) is 0. The SMILES string of the molecule is CN(CC#N)CC(O)COC1CCCc2ccccc21. The van der Waals surface area contributed by atoms with Crippen LogP contribution >= 0.6 is 0 Å². The highest BCUT2D eigenvalue weighted by molar-refractivity contribution is 5.31. The fourth-order valence-corrected chi connectivity index (χ4v) is 2.71. The molecular formula is C16H22N2O2. The zero-order valence-corrected chi connectivity index (χ0v) is 12.0. The second-order valence-electron chi connectivity index (χ2n) is 5.42. The Morgan fingerprint density at radius 3 is 3.10 bits per heavy atom. The van der Waals surface area contributed by atoms with Crippen molar-refractivity contribution in [3.8, 4) is 6.07 Å². The van der Waals surface area contributed by atoms with Gasteiger partial charge in [-0.25, -0.2) is 0 Å². The van der Waals surface area contributed by atoms with Gasteiger partial charge in [0.1, 0.15) is 0 Å². The molecule has 108 valence electrons. The monoisotopic (exact) mass is 274 g/mol. The molecule has 0 saturated heterocycles. The van der Waals surface area contributed by atoms with Gasteiger partial charge in [-0.05, 0) is 37.4 Å². The van der Waals surface area contributed by atoms with Gasteiger partial charge in [-0.1, -0.05) is 24.3 Å². The Morgan fingerprint density at radius 1 is 1.50 bits per heavy atom. The Hall–Kier alpha value is -1.41. The Balaban J connectivity index is 1.84. The molecule has 1 aromatic carbocycles. The van der Waals surface area contributed by atoms with Crippen molar-refractivity contribution in [2.45, 2.75) is 31.5 Å². The van der Waals surface area contributed by atoms with E-state index in [2.05, 4.69) is 24.3 Å². The zero-order valence-electron chi connectivity index (χ0n) is 12.0. The molecule has 1 aromatic rings. The van der Waals surface area contributed by atoms with Crippen molar-refractivity contribution < 1.29 is 9.84 Å². The Labute approximate surface area is 120 Å². The van der Waals surface area contributed by atoms with E-state index in [1.807, 2.05) is 13.1 Å². The number of aliphatic hydroxyl groups is 1. The van der Waals surface area contributed by atoms with Gasteiger partial charge in [-0.15, -0.1) is 0 Å². The highest BCUT2D eigenvalue weighted by atomic mass is 16.5. The molecule has 0 fully saturated rings. The molecule has 2 rings (SSSR count). The molecule has 1 N–H and O–H groups in total. The molecule has 0 heterocycles. The molecule has 0 radical (unpaired) electrons. The second-order valence-corrected chi connectivity index (χ2v) is 5.42. The Morgan fingerprint density at radius 2 is 2.30 bits per heavy atom. The number of fused-ring (bicyclic) bond motifs is 1. The molecule has 0 aromatic heterocycles. The molecule has 20 heavy (non-hydrogen) atoms. The number of hydrogen-bond acceptors (Lipinski definition) is 4. The largest absolute Gasteiger partial charge is 0.389 e. The fourth-order valence-electron chi connectivity index (χ4n) is 2.71. The van der Waals surface area contributed by atoms with Crippen molar-refractivity contribution in [2.24, 2.45) is 0 Å². The third-order valence-corrected chi connectivity index (χ3v) is 3.67. The first-order chi connectivity index (χ1) is 9.70. The van der Waals surface area contributed by atoms with Gasteiger partial charge in [0.25, 0.3) is 0 Å². The average Bonchev–Trinajstić information content (AvgIpc) is 2.45. The van der Waals surface area contributed by atoms with Gasteiger partial charge in [0.2, 0.25) is 0 Å². The standard InChI is InChI=1S/C16H22N2O2/c1-18(10-9-17)11-14(19)12-20-16-8-4-6-13-5-2-3-7-15(13)16/h2-3,5,7,14,16,19H,4,6,8,10-12H2,1H3. The normalized spacial score (nSPS) is 19.4. The molecule has 2 atom stereocenters. The number of aryl methyl sites for hydroxylation is 1. The molecule has 1 aliphatic rings. The van der Waals surface area contributed by atoms with Crippen molar-refractivity contribution in [3.63, 3.8) is 0 Å². The highest BCUT2D eigenvalue weighted by Crippen LogP contribution is 2.32. The number of benzene rings is 1. The van der Waals surface area contributed by atoms with Crippen LogP contribution in [0.25, 0.3) is 0 Å². The zero-order chi connectivity index (χ0) is 14.4. The molecule has 4 nitrogen and oxygen atoms in total. The van der Waals surface area contributed by atoms with Crippen LogP contribution in [0.5, 0.6) is 0 Å². The lowest BCUT2D eigenvalue weighted by atomic mass is 9.89. The van der Waals surface area contributed by atoms with Gasteiger partial charge in [-0.3, -0.25) is 4.90 Å². The van der Waals surface area contributed by atoms with Crippen molar-refractivity contribution in [3.05, 3.63) is 35.4 Å². The number of rotatable bonds is 6. The lowest BCUT2D eigenvalue weighted by Gasteiger charge is -2.27. The molecule has 2 unspecified atom stereocenters. The van der Waals surface area contributed by atoms with Crippen molar-refractivity contribution in [2.75, 3.05) is 26.7 Å². The first-order valence-corrected chi connectivity index (χ1v) is 7.13. The highest BCUT2D eigenvalue weighted by Gasteiger charge is 2.21. The number of ether oxygens (including phenoxy) is 1. The molecule has 0 amide bonds. The summed E-state index contributed by atoms with van der Waals surface area (Å²) >= 11 is 0. The van der Waals surface area contributed by atoms with Crippen LogP contribution in [-0.2, 0) is 11.2 Å². The average molecular weight is 274 g/mol. The summed E-state index contributed by atoms with van der Waals surface area (Å²) in [5.41, 5.74) is 2.62. The number of aliphatic hydroxyl groups excluding tert-OH is 1. The Kier molecular flexibility index (Phi) is 5.54. The molecular weight excluding hydrogens is 252 g/mol. The molecule has 0 bridgehead atoms. The van der Waals surface area contributed by atoms with E-state index < -0.39 is 6.10 Å². The molecule has 0 aliphatic heterocycles. The smallest absolute Gasteiger partial charge is 0.0900 e. The third-order valence-electron chi connectivity index (χ3n) is 3.67. The molecule has 0 spiro atoms.